The fraction of sp³-hybridized carbons (Fsp3) is 0.158. The highest BCUT2D eigenvalue weighted by Crippen LogP contribution is 2.27. The molecule has 2 rings (SSSR count). The van der Waals surface area contributed by atoms with E-state index in [1.165, 1.54) is 13.2 Å². The Kier molecular flexibility index (Phi) is 6.60. The van der Waals surface area contributed by atoms with E-state index in [1.54, 1.807) is 55.7 Å². The molecule has 0 fully saturated rings. The van der Waals surface area contributed by atoms with Gasteiger partial charge in [-0.05, 0) is 35.9 Å². The highest BCUT2D eigenvalue weighted by atomic mass is 35.5. The molecule has 0 amide bonds. The third-order valence-electron chi connectivity index (χ3n) is 3.34. The van der Waals surface area contributed by atoms with Crippen molar-refractivity contribution in [1.82, 2.24) is 0 Å². The number of Topliss-reactive ketones (excluding diaryl/α,β-unsaturated/α-hetero) is 1. The number of hydrogen-bond donors (Lipinski definition) is 0. The van der Waals surface area contributed by atoms with Gasteiger partial charge in [0.1, 0.15) is 0 Å². The molecule has 0 bridgehead atoms. The number of benzene rings is 2. The van der Waals surface area contributed by atoms with Crippen LogP contribution in [0.3, 0.4) is 0 Å². The number of rotatable bonds is 7. The molecule has 0 aromatic heterocycles. The molecule has 0 spiro atoms. The molecule has 0 atom stereocenters. The Labute approximate surface area is 150 Å². The molecule has 0 radical (unpaired) electrons. The summed E-state index contributed by atoms with van der Waals surface area (Å²) in [6.07, 6.45) is 2.80. The van der Waals surface area contributed by atoms with E-state index in [2.05, 4.69) is 0 Å². The molecule has 130 valence electrons. The average Bonchev–Trinajstić information content (AvgIpc) is 2.64. The number of esters is 1. The zero-order valence-electron chi connectivity index (χ0n) is 13.8. The normalized spacial score (nSPS) is 10.5. The molecule has 0 saturated heterocycles. The van der Waals surface area contributed by atoms with Gasteiger partial charge in [-0.25, -0.2) is 4.79 Å². The first kappa shape index (κ1) is 18.5. The highest BCUT2D eigenvalue weighted by Gasteiger charge is 2.11. The van der Waals surface area contributed by atoms with Crippen LogP contribution in [0.5, 0.6) is 11.5 Å². The quantitative estimate of drug-likeness (QED) is 0.427. The summed E-state index contributed by atoms with van der Waals surface area (Å²) in [7, 11) is 3.07. The number of ether oxygens (including phenoxy) is 3. The Hall–Kier alpha value is -2.79. The number of halogens is 1. The smallest absolute Gasteiger partial charge is 0.331 e. The van der Waals surface area contributed by atoms with Crippen LogP contribution in [-0.2, 0) is 9.53 Å². The van der Waals surface area contributed by atoms with Gasteiger partial charge in [-0.2, -0.15) is 0 Å². The van der Waals surface area contributed by atoms with E-state index in [-0.39, 0.29) is 12.4 Å². The van der Waals surface area contributed by atoms with Crippen LogP contribution in [0.25, 0.3) is 6.08 Å². The second-order valence-corrected chi connectivity index (χ2v) is 5.37. The van der Waals surface area contributed by atoms with Crippen LogP contribution in [0.4, 0.5) is 0 Å². The van der Waals surface area contributed by atoms with Crippen molar-refractivity contribution in [3.05, 3.63) is 64.7 Å². The second-order valence-electron chi connectivity index (χ2n) is 4.96. The first-order chi connectivity index (χ1) is 12.0. The van der Waals surface area contributed by atoms with Crippen LogP contribution in [0.1, 0.15) is 15.9 Å². The van der Waals surface area contributed by atoms with Gasteiger partial charge in [0.2, 0.25) is 5.78 Å². The first-order valence-corrected chi connectivity index (χ1v) is 7.77. The van der Waals surface area contributed by atoms with Gasteiger partial charge >= 0.3 is 5.97 Å². The Morgan fingerprint density at radius 1 is 1.04 bits per heavy atom. The Morgan fingerprint density at radius 3 is 2.44 bits per heavy atom. The molecule has 0 saturated carbocycles. The Balaban J connectivity index is 1.95. The predicted octanol–water partition coefficient (Wildman–Crippen LogP) is 3.80. The molecule has 2 aromatic rings. The van der Waals surface area contributed by atoms with Gasteiger partial charge in [0, 0.05) is 11.6 Å². The molecular formula is C19H17ClO5. The predicted molar refractivity (Wildman–Crippen MR) is 95.3 cm³/mol. The zero-order chi connectivity index (χ0) is 18.2. The summed E-state index contributed by atoms with van der Waals surface area (Å²) in [6.45, 7) is -0.376. The van der Waals surface area contributed by atoms with Gasteiger partial charge in [0.25, 0.3) is 0 Å². The summed E-state index contributed by atoms with van der Waals surface area (Å²) < 4.78 is 15.3. The van der Waals surface area contributed by atoms with Crippen molar-refractivity contribution >= 4 is 29.4 Å². The lowest BCUT2D eigenvalue weighted by Gasteiger charge is -2.07. The van der Waals surface area contributed by atoms with Crippen LogP contribution in [-0.4, -0.2) is 32.6 Å². The van der Waals surface area contributed by atoms with E-state index in [9.17, 15) is 9.59 Å². The van der Waals surface area contributed by atoms with Crippen molar-refractivity contribution in [2.75, 3.05) is 20.8 Å². The molecule has 6 heteroatoms. The van der Waals surface area contributed by atoms with Crippen LogP contribution in [0, 0.1) is 0 Å². The minimum absolute atomic E-state index is 0.320. The standard InChI is InChI=1S/C19H17ClO5/c1-23-17-9-7-13(11-18(17)24-2)8-10-19(22)25-12-16(21)14-5-3-4-6-15(14)20/h3-11H,12H2,1-2H3/b10-8+. The van der Waals surface area contributed by atoms with Crippen molar-refractivity contribution in [2.24, 2.45) is 0 Å². The van der Waals surface area contributed by atoms with Crippen LogP contribution in [0.2, 0.25) is 5.02 Å². The topological polar surface area (TPSA) is 61.8 Å². The average molecular weight is 361 g/mol. The van der Waals surface area contributed by atoms with Gasteiger partial charge in [0.05, 0.1) is 19.2 Å². The lowest BCUT2D eigenvalue weighted by Crippen LogP contribution is -2.12. The molecule has 0 aliphatic rings. The summed E-state index contributed by atoms with van der Waals surface area (Å²) in [4.78, 5) is 23.7. The van der Waals surface area contributed by atoms with E-state index in [0.29, 0.717) is 22.1 Å². The number of carbonyl (C=O) groups excluding carboxylic acids is 2. The first-order valence-electron chi connectivity index (χ1n) is 7.39. The van der Waals surface area contributed by atoms with Gasteiger partial charge in [0.15, 0.2) is 18.1 Å². The molecule has 0 unspecified atom stereocenters. The van der Waals surface area contributed by atoms with E-state index in [0.717, 1.165) is 5.56 Å². The molecule has 0 aliphatic carbocycles. The molecule has 2 aromatic carbocycles. The van der Waals surface area contributed by atoms with Gasteiger partial charge in [-0.3, -0.25) is 4.79 Å². The summed E-state index contributed by atoms with van der Waals surface area (Å²) in [5.74, 6) is 0.146. The number of methoxy groups -OCH3 is 2. The minimum atomic E-state index is -0.629. The van der Waals surface area contributed by atoms with Crippen molar-refractivity contribution < 1.29 is 23.8 Å². The lowest BCUT2D eigenvalue weighted by molar-refractivity contribution is -0.136. The van der Waals surface area contributed by atoms with Gasteiger partial charge in [-0.15, -0.1) is 0 Å². The van der Waals surface area contributed by atoms with Gasteiger partial charge in [-0.1, -0.05) is 29.8 Å². The number of ketones is 1. The largest absolute Gasteiger partial charge is 0.493 e. The maximum Gasteiger partial charge on any atom is 0.331 e. The summed E-state index contributed by atoms with van der Waals surface area (Å²) in [5, 5.41) is 0.324. The molecular weight excluding hydrogens is 344 g/mol. The maximum atomic E-state index is 12.0. The van der Waals surface area contributed by atoms with Crippen molar-refractivity contribution in [3.63, 3.8) is 0 Å². The third-order valence-corrected chi connectivity index (χ3v) is 3.67. The molecule has 0 aliphatic heterocycles. The van der Waals surface area contributed by atoms with E-state index < -0.39 is 5.97 Å². The molecule has 5 nitrogen and oxygen atoms in total. The van der Waals surface area contributed by atoms with Crippen LogP contribution >= 0.6 is 11.6 Å². The second kappa shape index (κ2) is 8.89. The zero-order valence-corrected chi connectivity index (χ0v) is 14.6. The maximum absolute atomic E-state index is 12.0. The van der Waals surface area contributed by atoms with E-state index in [4.69, 9.17) is 25.8 Å². The summed E-state index contributed by atoms with van der Waals surface area (Å²) in [6, 6.07) is 11.8. The molecule has 25 heavy (non-hydrogen) atoms. The molecule has 0 N–H and O–H groups in total. The van der Waals surface area contributed by atoms with Gasteiger partial charge < -0.3 is 14.2 Å². The number of hydrogen-bond acceptors (Lipinski definition) is 5. The van der Waals surface area contributed by atoms with E-state index >= 15 is 0 Å². The fourth-order valence-electron chi connectivity index (χ4n) is 2.07. The van der Waals surface area contributed by atoms with Crippen molar-refractivity contribution in [2.45, 2.75) is 0 Å². The fourth-order valence-corrected chi connectivity index (χ4v) is 2.31. The van der Waals surface area contributed by atoms with E-state index in [1.807, 2.05) is 0 Å². The lowest BCUT2D eigenvalue weighted by atomic mass is 10.1. The third kappa shape index (κ3) is 5.09. The molecule has 0 heterocycles. The Morgan fingerprint density at radius 2 is 1.76 bits per heavy atom. The summed E-state index contributed by atoms with van der Waals surface area (Å²) >= 11 is 5.93. The monoisotopic (exact) mass is 360 g/mol. The van der Waals surface area contributed by atoms with Crippen molar-refractivity contribution in [3.8, 4) is 11.5 Å². The van der Waals surface area contributed by atoms with Crippen LogP contribution < -0.4 is 9.47 Å². The number of carbonyl (C=O) groups is 2. The SMILES string of the molecule is COc1ccc(/C=C/C(=O)OCC(=O)c2ccccc2Cl)cc1OC. The highest BCUT2D eigenvalue weighted by molar-refractivity contribution is 6.34. The minimum Gasteiger partial charge on any atom is -0.493 e. The summed E-state index contributed by atoms with van der Waals surface area (Å²) in [5.41, 5.74) is 1.05. The Bertz CT molecular complexity index is 798. The van der Waals surface area contributed by atoms with Crippen LogP contribution in [0.15, 0.2) is 48.5 Å². The van der Waals surface area contributed by atoms with Crippen molar-refractivity contribution in [1.29, 1.82) is 0 Å².